The van der Waals surface area contributed by atoms with Crippen LogP contribution >= 0.6 is 0 Å². The fraction of sp³-hybridized carbons (Fsp3) is 0.0833. The van der Waals surface area contributed by atoms with Crippen molar-refractivity contribution in [1.82, 2.24) is 9.78 Å². The van der Waals surface area contributed by atoms with Crippen LogP contribution in [0.25, 0.3) is 17.1 Å². The topological polar surface area (TPSA) is 17.8 Å². The maximum absolute atomic E-state index is 12.5. The van der Waals surface area contributed by atoms with E-state index in [2.05, 4.69) is 11.7 Å². The zero-order chi connectivity index (χ0) is 10.8. The molecule has 1 heterocycles. The van der Waals surface area contributed by atoms with Gasteiger partial charge in [0.1, 0.15) is 5.83 Å². The Labute approximate surface area is 87.3 Å². The number of fused-ring (bicyclic) bond motifs is 1. The van der Waals surface area contributed by atoms with Gasteiger partial charge < -0.3 is 0 Å². The largest absolute Gasteiger partial charge is 0.240 e. The maximum atomic E-state index is 12.5. The third-order valence-electron chi connectivity index (χ3n) is 2.15. The van der Waals surface area contributed by atoms with Gasteiger partial charge in [0.25, 0.3) is 0 Å². The summed E-state index contributed by atoms with van der Waals surface area (Å²) in [6.07, 6.45) is 4.60. The molecule has 2 rings (SSSR count). The van der Waals surface area contributed by atoms with E-state index < -0.39 is 5.83 Å². The quantitative estimate of drug-likeness (QED) is 0.683. The average molecular weight is 202 g/mol. The maximum Gasteiger partial charge on any atom is 0.117 e. The van der Waals surface area contributed by atoms with Gasteiger partial charge in [-0.15, -0.1) is 0 Å². The molecule has 1 aromatic heterocycles. The lowest BCUT2D eigenvalue weighted by molar-refractivity contribution is 0.671. The molecule has 0 N–H and O–H groups in total. The van der Waals surface area contributed by atoms with Crippen LogP contribution in [0.3, 0.4) is 0 Å². The summed E-state index contributed by atoms with van der Waals surface area (Å²) in [5.74, 6) is -0.480. The van der Waals surface area contributed by atoms with Crippen LogP contribution in [0, 0.1) is 6.92 Å². The van der Waals surface area contributed by atoms with E-state index in [-0.39, 0.29) is 0 Å². The second-order valence-corrected chi connectivity index (χ2v) is 3.41. The van der Waals surface area contributed by atoms with Gasteiger partial charge >= 0.3 is 0 Å². The first-order chi connectivity index (χ1) is 7.16. The molecular formula is C12H11FN2. The molecule has 0 amide bonds. The molecule has 0 fully saturated rings. The lowest BCUT2D eigenvalue weighted by Gasteiger charge is -1.96. The van der Waals surface area contributed by atoms with Crippen LogP contribution in [0.4, 0.5) is 4.39 Å². The minimum absolute atomic E-state index is 0.480. The molecule has 0 radical (unpaired) electrons. The van der Waals surface area contributed by atoms with Gasteiger partial charge in [0.2, 0.25) is 0 Å². The lowest BCUT2D eigenvalue weighted by atomic mass is 10.2. The standard InChI is InChI=1S/C12H11FN2/c1-9-3-4-11-8-14-15(12(11)7-9)6-5-10(2)13/h3-8H,2H2,1H3/b6-5+. The molecule has 15 heavy (non-hydrogen) atoms. The van der Waals surface area contributed by atoms with Crippen molar-refractivity contribution in [2.24, 2.45) is 0 Å². The highest BCUT2D eigenvalue weighted by Gasteiger charge is 1.99. The first-order valence-corrected chi connectivity index (χ1v) is 4.63. The summed E-state index contributed by atoms with van der Waals surface area (Å²) in [6.45, 7) is 5.17. The Balaban J connectivity index is 2.52. The van der Waals surface area contributed by atoms with E-state index in [0.29, 0.717) is 0 Å². The number of benzene rings is 1. The average Bonchev–Trinajstić information content (AvgIpc) is 2.57. The summed E-state index contributed by atoms with van der Waals surface area (Å²) in [6, 6.07) is 6.02. The van der Waals surface area contributed by atoms with Gasteiger partial charge in [0.05, 0.1) is 11.7 Å². The van der Waals surface area contributed by atoms with Crippen LogP contribution in [0.2, 0.25) is 0 Å². The molecule has 0 saturated heterocycles. The molecule has 2 aromatic rings. The van der Waals surface area contributed by atoms with E-state index in [4.69, 9.17) is 0 Å². The minimum Gasteiger partial charge on any atom is -0.240 e. The molecule has 0 unspecified atom stereocenters. The van der Waals surface area contributed by atoms with Gasteiger partial charge in [-0.05, 0) is 24.6 Å². The molecule has 0 atom stereocenters. The first-order valence-electron chi connectivity index (χ1n) is 4.63. The van der Waals surface area contributed by atoms with E-state index in [1.807, 2.05) is 25.1 Å². The van der Waals surface area contributed by atoms with Crippen LogP contribution in [0.1, 0.15) is 5.56 Å². The van der Waals surface area contributed by atoms with Gasteiger partial charge in [0, 0.05) is 11.6 Å². The number of nitrogens with zero attached hydrogens (tertiary/aromatic N) is 2. The lowest BCUT2D eigenvalue weighted by Crippen LogP contribution is -1.88. The number of hydrogen-bond donors (Lipinski definition) is 0. The summed E-state index contributed by atoms with van der Waals surface area (Å²) in [7, 11) is 0. The molecular weight excluding hydrogens is 191 g/mol. The Morgan fingerprint density at radius 2 is 2.33 bits per heavy atom. The van der Waals surface area contributed by atoms with Gasteiger partial charge in [-0.1, -0.05) is 18.7 Å². The van der Waals surface area contributed by atoms with Gasteiger partial charge in [-0.25, -0.2) is 9.07 Å². The van der Waals surface area contributed by atoms with Gasteiger partial charge in [0.15, 0.2) is 0 Å². The summed E-state index contributed by atoms with van der Waals surface area (Å²) in [5, 5.41) is 5.17. The van der Waals surface area contributed by atoms with Crippen molar-refractivity contribution in [2.45, 2.75) is 6.92 Å². The van der Waals surface area contributed by atoms with E-state index in [9.17, 15) is 4.39 Å². The van der Waals surface area contributed by atoms with Crippen LogP contribution in [0.15, 0.2) is 42.9 Å². The van der Waals surface area contributed by atoms with Crippen molar-refractivity contribution >= 4 is 17.1 Å². The zero-order valence-corrected chi connectivity index (χ0v) is 8.44. The third-order valence-corrected chi connectivity index (χ3v) is 2.15. The molecule has 0 aliphatic rings. The normalized spacial score (nSPS) is 11.3. The van der Waals surface area contributed by atoms with Crippen LogP contribution < -0.4 is 0 Å². The molecule has 0 bridgehead atoms. The van der Waals surface area contributed by atoms with Crippen LogP contribution in [-0.2, 0) is 0 Å². The molecule has 0 aliphatic heterocycles. The Morgan fingerprint density at radius 3 is 3.07 bits per heavy atom. The number of rotatable bonds is 2. The number of aromatic nitrogens is 2. The fourth-order valence-corrected chi connectivity index (χ4v) is 1.42. The van der Waals surface area contributed by atoms with Crippen molar-refractivity contribution in [2.75, 3.05) is 0 Å². The SMILES string of the molecule is C=C(F)/C=C/n1ncc2ccc(C)cc21. The summed E-state index contributed by atoms with van der Waals surface area (Å²) in [5.41, 5.74) is 2.12. The van der Waals surface area contributed by atoms with Gasteiger partial charge in [-0.3, -0.25) is 0 Å². The number of allylic oxidation sites excluding steroid dienone is 2. The van der Waals surface area contributed by atoms with Crippen molar-refractivity contribution in [1.29, 1.82) is 0 Å². The Hall–Kier alpha value is -1.90. The number of hydrogen-bond acceptors (Lipinski definition) is 1. The molecule has 0 saturated carbocycles. The van der Waals surface area contributed by atoms with Crippen molar-refractivity contribution in [3.05, 3.63) is 48.4 Å². The second kappa shape index (κ2) is 3.69. The van der Waals surface area contributed by atoms with Crippen LogP contribution in [0.5, 0.6) is 0 Å². The van der Waals surface area contributed by atoms with Crippen molar-refractivity contribution in [3.8, 4) is 0 Å². The van der Waals surface area contributed by atoms with E-state index in [1.54, 1.807) is 17.1 Å². The van der Waals surface area contributed by atoms with E-state index >= 15 is 0 Å². The van der Waals surface area contributed by atoms with E-state index in [1.165, 1.54) is 6.08 Å². The summed E-state index contributed by atoms with van der Waals surface area (Å²) >= 11 is 0. The molecule has 76 valence electrons. The molecule has 0 spiro atoms. The monoisotopic (exact) mass is 202 g/mol. The molecule has 0 aliphatic carbocycles. The third kappa shape index (κ3) is 1.96. The first kappa shape index (κ1) is 9.65. The van der Waals surface area contributed by atoms with Gasteiger partial charge in [-0.2, -0.15) is 5.10 Å². The Bertz CT molecular complexity index is 538. The summed E-state index contributed by atoms with van der Waals surface area (Å²) < 4.78 is 14.1. The smallest absolute Gasteiger partial charge is 0.117 e. The molecule has 2 nitrogen and oxygen atoms in total. The number of aryl methyl sites for hydroxylation is 1. The Morgan fingerprint density at radius 1 is 1.53 bits per heavy atom. The fourth-order valence-electron chi connectivity index (χ4n) is 1.42. The van der Waals surface area contributed by atoms with Crippen LogP contribution in [-0.4, -0.2) is 9.78 Å². The predicted molar refractivity (Wildman–Crippen MR) is 60.0 cm³/mol. The highest BCUT2D eigenvalue weighted by Crippen LogP contribution is 2.15. The Kier molecular flexibility index (Phi) is 2.37. The predicted octanol–water partition coefficient (Wildman–Crippen LogP) is 3.30. The van der Waals surface area contributed by atoms with E-state index in [0.717, 1.165) is 16.5 Å². The van der Waals surface area contributed by atoms with Crippen molar-refractivity contribution < 1.29 is 4.39 Å². The highest BCUT2D eigenvalue weighted by atomic mass is 19.1. The minimum atomic E-state index is -0.480. The zero-order valence-electron chi connectivity index (χ0n) is 8.44. The number of halogens is 1. The van der Waals surface area contributed by atoms with Crippen molar-refractivity contribution in [3.63, 3.8) is 0 Å². The molecule has 1 aromatic carbocycles. The molecule has 3 heteroatoms. The second-order valence-electron chi connectivity index (χ2n) is 3.41. The summed E-state index contributed by atoms with van der Waals surface area (Å²) in [4.78, 5) is 0. The highest BCUT2D eigenvalue weighted by molar-refractivity contribution is 5.81.